The first-order chi connectivity index (χ1) is 11.6. The van der Waals surface area contributed by atoms with Gasteiger partial charge in [0, 0.05) is 18.3 Å². The van der Waals surface area contributed by atoms with Crippen LogP contribution in [0.3, 0.4) is 0 Å². The minimum Gasteiger partial charge on any atom is -0.394 e. The van der Waals surface area contributed by atoms with Crippen LogP contribution >= 0.6 is 0 Å². The Morgan fingerprint density at radius 1 is 1.38 bits per heavy atom. The number of aliphatic hydroxyl groups is 1. The molecule has 0 spiro atoms. The highest BCUT2D eigenvalue weighted by Crippen LogP contribution is 2.24. The van der Waals surface area contributed by atoms with E-state index in [1.165, 1.54) is 0 Å². The highest BCUT2D eigenvalue weighted by atomic mass is 16.3. The Hall–Kier alpha value is -2.34. The molecule has 3 rings (SSSR count). The third-order valence-corrected chi connectivity index (χ3v) is 4.71. The average Bonchev–Trinajstić information content (AvgIpc) is 2.96. The van der Waals surface area contributed by atoms with Gasteiger partial charge in [-0.05, 0) is 37.8 Å². The normalized spacial score (nSPS) is 20.9. The van der Waals surface area contributed by atoms with Gasteiger partial charge in [0.05, 0.1) is 18.3 Å². The number of amides is 2. The summed E-state index contributed by atoms with van der Waals surface area (Å²) in [6.07, 6.45) is 3.90. The van der Waals surface area contributed by atoms with Crippen LogP contribution in [-0.2, 0) is 0 Å². The van der Waals surface area contributed by atoms with Crippen molar-refractivity contribution in [1.82, 2.24) is 14.7 Å². The van der Waals surface area contributed by atoms with E-state index in [9.17, 15) is 9.90 Å². The second-order valence-corrected chi connectivity index (χ2v) is 6.43. The molecule has 6 heteroatoms. The number of likely N-dealkylation sites (tertiary alicyclic amines) is 1. The molecular weight excluding hydrogens is 304 g/mol. The molecule has 1 aromatic carbocycles. The Balaban J connectivity index is 1.76. The standard InChI is InChI=1S/C18H24N4O2/c1-13-7-6-10-21(16(13)12-23)18(24)19-17-14(2)11-22(20-17)15-8-4-3-5-9-15/h3-5,8-9,11,13,16,23H,6-7,10,12H2,1-2H3,(H,19,20,24). The number of aromatic nitrogens is 2. The Morgan fingerprint density at radius 3 is 2.83 bits per heavy atom. The molecule has 2 N–H and O–H groups in total. The van der Waals surface area contributed by atoms with Gasteiger partial charge in [0.1, 0.15) is 0 Å². The van der Waals surface area contributed by atoms with Crippen LogP contribution in [0.1, 0.15) is 25.3 Å². The van der Waals surface area contributed by atoms with E-state index in [0.717, 1.165) is 24.1 Å². The second-order valence-electron chi connectivity index (χ2n) is 6.43. The maximum atomic E-state index is 12.6. The smallest absolute Gasteiger partial charge is 0.323 e. The number of carbonyl (C=O) groups excluding carboxylic acids is 1. The molecule has 0 saturated carbocycles. The molecule has 0 aliphatic carbocycles. The first-order valence-electron chi connectivity index (χ1n) is 8.40. The van der Waals surface area contributed by atoms with E-state index in [4.69, 9.17) is 0 Å². The first-order valence-corrected chi connectivity index (χ1v) is 8.40. The van der Waals surface area contributed by atoms with E-state index >= 15 is 0 Å². The summed E-state index contributed by atoms with van der Waals surface area (Å²) in [5.74, 6) is 0.858. The SMILES string of the molecule is Cc1cn(-c2ccccc2)nc1NC(=O)N1CCCC(C)C1CO. The Bertz CT molecular complexity index is 698. The van der Waals surface area contributed by atoms with E-state index in [1.807, 2.05) is 43.5 Å². The monoisotopic (exact) mass is 328 g/mol. The third-order valence-electron chi connectivity index (χ3n) is 4.71. The van der Waals surface area contributed by atoms with Crippen LogP contribution in [0.5, 0.6) is 0 Å². The van der Waals surface area contributed by atoms with Gasteiger partial charge in [0.25, 0.3) is 0 Å². The van der Waals surface area contributed by atoms with Gasteiger partial charge >= 0.3 is 6.03 Å². The number of hydrogen-bond donors (Lipinski definition) is 2. The third kappa shape index (κ3) is 3.28. The second kappa shape index (κ2) is 7.05. The highest BCUT2D eigenvalue weighted by molar-refractivity contribution is 5.89. The average molecular weight is 328 g/mol. The number of benzene rings is 1. The summed E-state index contributed by atoms with van der Waals surface area (Å²) in [6.45, 7) is 4.66. The first kappa shape index (κ1) is 16.5. The zero-order valence-electron chi connectivity index (χ0n) is 14.1. The summed E-state index contributed by atoms with van der Waals surface area (Å²) in [5.41, 5.74) is 1.85. The summed E-state index contributed by atoms with van der Waals surface area (Å²) in [4.78, 5) is 14.4. The van der Waals surface area contributed by atoms with Crippen molar-refractivity contribution >= 4 is 11.8 Å². The summed E-state index contributed by atoms with van der Waals surface area (Å²) in [5, 5.41) is 17.0. The minimum atomic E-state index is -0.193. The lowest BCUT2D eigenvalue weighted by Crippen LogP contribution is -2.51. The van der Waals surface area contributed by atoms with Gasteiger partial charge in [-0.25, -0.2) is 9.48 Å². The number of rotatable bonds is 3. The van der Waals surface area contributed by atoms with Crippen molar-refractivity contribution in [2.45, 2.75) is 32.7 Å². The van der Waals surface area contributed by atoms with E-state index in [1.54, 1.807) is 9.58 Å². The van der Waals surface area contributed by atoms with Gasteiger partial charge < -0.3 is 10.0 Å². The van der Waals surface area contributed by atoms with Gasteiger partial charge in [-0.1, -0.05) is 25.1 Å². The van der Waals surface area contributed by atoms with Crippen LogP contribution in [0.2, 0.25) is 0 Å². The number of urea groups is 1. The summed E-state index contributed by atoms with van der Waals surface area (Å²) in [6, 6.07) is 9.46. The molecule has 1 saturated heterocycles. The van der Waals surface area contributed by atoms with Crippen molar-refractivity contribution in [3.8, 4) is 5.69 Å². The number of nitrogens with zero attached hydrogens (tertiary/aromatic N) is 3. The van der Waals surface area contributed by atoms with Crippen LogP contribution in [0.4, 0.5) is 10.6 Å². The lowest BCUT2D eigenvalue weighted by atomic mass is 9.91. The van der Waals surface area contributed by atoms with Crippen molar-refractivity contribution in [2.24, 2.45) is 5.92 Å². The van der Waals surface area contributed by atoms with Crippen molar-refractivity contribution in [3.05, 3.63) is 42.1 Å². The number of para-hydroxylation sites is 1. The van der Waals surface area contributed by atoms with Crippen molar-refractivity contribution in [3.63, 3.8) is 0 Å². The Morgan fingerprint density at radius 2 is 2.12 bits per heavy atom. The van der Waals surface area contributed by atoms with Crippen molar-refractivity contribution in [1.29, 1.82) is 0 Å². The number of aryl methyl sites for hydroxylation is 1. The van der Waals surface area contributed by atoms with Crippen molar-refractivity contribution < 1.29 is 9.90 Å². The molecular formula is C18H24N4O2. The van der Waals surface area contributed by atoms with Gasteiger partial charge in [0.15, 0.2) is 5.82 Å². The maximum Gasteiger partial charge on any atom is 0.323 e. The molecule has 0 radical (unpaired) electrons. The summed E-state index contributed by atoms with van der Waals surface area (Å²) < 4.78 is 1.76. The molecule has 24 heavy (non-hydrogen) atoms. The predicted octanol–water partition coefficient (Wildman–Crippen LogP) is 2.81. The molecule has 1 aliphatic heterocycles. The highest BCUT2D eigenvalue weighted by Gasteiger charge is 2.31. The molecule has 2 amide bonds. The van der Waals surface area contributed by atoms with E-state index < -0.39 is 0 Å². The van der Waals surface area contributed by atoms with Crippen LogP contribution in [0.25, 0.3) is 5.69 Å². The summed E-state index contributed by atoms with van der Waals surface area (Å²) in [7, 11) is 0. The van der Waals surface area contributed by atoms with E-state index in [2.05, 4.69) is 17.3 Å². The molecule has 6 nitrogen and oxygen atoms in total. The fourth-order valence-corrected chi connectivity index (χ4v) is 3.25. The number of nitrogens with one attached hydrogen (secondary N) is 1. The molecule has 1 aliphatic rings. The zero-order chi connectivity index (χ0) is 17.1. The molecule has 0 bridgehead atoms. The zero-order valence-corrected chi connectivity index (χ0v) is 14.1. The Labute approximate surface area is 142 Å². The van der Waals surface area contributed by atoms with Gasteiger partial charge in [-0.3, -0.25) is 5.32 Å². The number of anilines is 1. The lowest BCUT2D eigenvalue weighted by molar-refractivity contribution is 0.0811. The topological polar surface area (TPSA) is 70.4 Å². The molecule has 1 aromatic heterocycles. The molecule has 2 heterocycles. The van der Waals surface area contributed by atoms with Gasteiger partial charge in [-0.15, -0.1) is 5.10 Å². The van der Waals surface area contributed by atoms with E-state index in [-0.39, 0.29) is 18.7 Å². The van der Waals surface area contributed by atoms with Crippen LogP contribution in [0.15, 0.2) is 36.5 Å². The molecule has 2 unspecified atom stereocenters. The largest absolute Gasteiger partial charge is 0.394 e. The van der Waals surface area contributed by atoms with Gasteiger partial charge in [0.2, 0.25) is 0 Å². The molecule has 2 aromatic rings. The molecule has 2 atom stereocenters. The summed E-state index contributed by atoms with van der Waals surface area (Å²) >= 11 is 0. The Kier molecular flexibility index (Phi) is 4.85. The molecule has 128 valence electrons. The fourth-order valence-electron chi connectivity index (χ4n) is 3.25. The maximum absolute atomic E-state index is 12.6. The number of piperidine rings is 1. The van der Waals surface area contributed by atoms with Crippen LogP contribution < -0.4 is 5.32 Å². The van der Waals surface area contributed by atoms with Crippen molar-refractivity contribution in [2.75, 3.05) is 18.5 Å². The predicted molar refractivity (Wildman–Crippen MR) is 93.3 cm³/mol. The van der Waals surface area contributed by atoms with E-state index in [0.29, 0.717) is 18.3 Å². The number of aliphatic hydroxyl groups excluding tert-OH is 1. The quantitative estimate of drug-likeness (QED) is 0.910. The number of carbonyl (C=O) groups is 1. The van der Waals surface area contributed by atoms with Crippen LogP contribution in [0, 0.1) is 12.8 Å². The fraction of sp³-hybridized carbons (Fsp3) is 0.444. The van der Waals surface area contributed by atoms with Gasteiger partial charge in [-0.2, -0.15) is 0 Å². The molecule has 1 fully saturated rings. The van der Waals surface area contributed by atoms with Crippen LogP contribution in [-0.4, -0.2) is 45.0 Å². The number of hydrogen-bond acceptors (Lipinski definition) is 3. The minimum absolute atomic E-state index is 0.00791. The lowest BCUT2D eigenvalue weighted by Gasteiger charge is -2.38.